The zero-order valence-corrected chi connectivity index (χ0v) is 11.2. The van der Waals surface area contributed by atoms with Crippen LogP contribution in [0, 0.1) is 0 Å². The summed E-state index contributed by atoms with van der Waals surface area (Å²) in [5.41, 5.74) is 5.08. The van der Waals surface area contributed by atoms with Crippen LogP contribution in [0.2, 0.25) is 0 Å². The normalized spacial score (nSPS) is 12.1. The van der Waals surface area contributed by atoms with Crippen molar-refractivity contribution >= 4 is 12.1 Å². The van der Waals surface area contributed by atoms with Gasteiger partial charge in [-0.25, -0.2) is 4.79 Å². The Morgan fingerprint density at radius 3 is 2.53 bits per heavy atom. The molecule has 6 heteroatoms. The van der Waals surface area contributed by atoms with Gasteiger partial charge in [-0.2, -0.15) is 0 Å². The van der Waals surface area contributed by atoms with Gasteiger partial charge in [-0.1, -0.05) is 0 Å². The topological polar surface area (TPSA) is 88.7 Å². The highest BCUT2D eigenvalue weighted by molar-refractivity contribution is 5.77. The van der Waals surface area contributed by atoms with Gasteiger partial charge in [0.05, 0.1) is 0 Å². The summed E-state index contributed by atoms with van der Waals surface area (Å²) in [5, 5.41) is 5.55. The van der Waals surface area contributed by atoms with E-state index < -0.39 is 11.7 Å². The molecule has 0 saturated carbocycles. The first-order valence-corrected chi connectivity index (χ1v) is 5.86. The molecule has 1 amide bonds. The van der Waals surface area contributed by atoms with Gasteiger partial charge in [0.1, 0.15) is 5.60 Å². The van der Waals surface area contributed by atoms with Crippen molar-refractivity contribution in [3.63, 3.8) is 0 Å². The van der Waals surface area contributed by atoms with Crippen molar-refractivity contribution in [3.05, 3.63) is 0 Å². The summed E-state index contributed by atoms with van der Waals surface area (Å²) in [6.45, 7) is 9.29. The number of nitrogens with two attached hydrogens (primary N) is 1. The summed E-state index contributed by atoms with van der Waals surface area (Å²) in [6, 6.07) is 0. The summed E-state index contributed by atoms with van der Waals surface area (Å²) in [5.74, 6) is 0.435. The van der Waals surface area contributed by atoms with Crippen molar-refractivity contribution in [2.45, 2.75) is 39.7 Å². The maximum Gasteiger partial charge on any atom is 0.407 e. The lowest BCUT2D eigenvalue weighted by Crippen LogP contribution is -2.33. The molecule has 0 saturated heterocycles. The highest BCUT2D eigenvalue weighted by Gasteiger charge is 2.15. The molecular formula is C11H24N4O2. The predicted octanol–water partition coefficient (Wildman–Crippen LogP) is 0.825. The molecule has 0 aliphatic heterocycles. The van der Waals surface area contributed by atoms with Gasteiger partial charge >= 0.3 is 6.09 Å². The molecule has 0 atom stereocenters. The minimum Gasteiger partial charge on any atom is -0.444 e. The number of amides is 1. The lowest BCUT2D eigenvalue weighted by atomic mass is 10.2. The van der Waals surface area contributed by atoms with E-state index in [1.165, 1.54) is 0 Å². The van der Waals surface area contributed by atoms with Crippen molar-refractivity contribution in [2.24, 2.45) is 10.7 Å². The number of carbonyl (C=O) groups excluding carboxylic acids is 1. The third-order valence-electron chi connectivity index (χ3n) is 1.64. The number of rotatable bonds is 5. The van der Waals surface area contributed by atoms with E-state index in [0.717, 1.165) is 13.0 Å². The SMILES string of the molecule is CCNC(N)=NCCCNC(=O)OC(C)(C)C. The molecule has 0 bridgehead atoms. The third kappa shape index (κ3) is 10.8. The van der Waals surface area contributed by atoms with Crippen molar-refractivity contribution < 1.29 is 9.53 Å². The van der Waals surface area contributed by atoms with Crippen LogP contribution in [0.15, 0.2) is 4.99 Å². The fourth-order valence-corrected chi connectivity index (χ4v) is 1.02. The van der Waals surface area contributed by atoms with E-state index in [9.17, 15) is 4.79 Å². The van der Waals surface area contributed by atoms with Gasteiger partial charge < -0.3 is 21.1 Å². The Bertz CT molecular complexity index is 259. The quantitative estimate of drug-likeness (QED) is 0.379. The Morgan fingerprint density at radius 1 is 1.35 bits per heavy atom. The highest BCUT2D eigenvalue weighted by Crippen LogP contribution is 2.06. The molecule has 17 heavy (non-hydrogen) atoms. The van der Waals surface area contributed by atoms with Crippen LogP contribution < -0.4 is 16.4 Å². The molecule has 0 heterocycles. The summed E-state index contributed by atoms with van der Waals surface area (Å²) in [4.78, 5) is 15.3. The Balaban J connectivity index is 3.58. The molecule has 0 radical (unpaired) electrons. The minimum atomic E-state index is -0.461. The second-order valence-corrected chi connectivity index (χ2v) is 4.58. The Kier molecular flexibility index (Phi) is 7.09. The molecule has 4 N–H and O–H groups in total. The van der Waals surface area contributed by atoms with E-state index in [-0.39, 0.29) is 0 Å². The van der Waals surface area contributed by atoms with Crippen LogP contribution in [0.25, 0.3) is 0 Å². The van der Waals surface area contributed by atoms with E-state index in [1.54, 1.807) is 0 Å². The molecule has 0 aliphatic rings. The lowest BCUT2D eigenvalue weighted by Gasteiger charge is -2.19. The summed E-state index contributed by atoms with van der Waals surface area (Å²) in [6.07, 6.45) is 0.326. The molecule has 0 fully saturated rings. The highest BCUT2D eigenvalue weighted by atomic mass is 16.6. The number of ether oxygens (including phenoxy) is 1. The number of hydrogen-bond donors (Lipinski definition) is 3. The lowest BCUT2D eigenvalue weighted by molar-refractivity contribution is 0.0527. The number of alkyl carbamates (subject to hydrolysis) is 1. The number of guanidine groups is 1. The fraction of sp³-hybridized carbons (Fsp3) is 0.818. The predicted molar refractivity (Wildman–Crippen MR) is 69.0 cm³/mol. The van der Waals surface area contributed by atoms with Gasteiger partial charge in [0.2, 0.25) is 0 Å². The smallest absolute Gasteiger partial charge is 0.407 e. The van der Waals surface area contributed by atoms with Crippen LogP contribution >= 0.6 is 0 Å². The number of carbonyl (C=O) groups is 1. The van der Waals surface area contributed by atoms with Crippen LogP contribution in [0.5, 0.6) is 0 Å². The van der Waals surface area contributed by atoms with Gasteiger partial charge in [-0.05, 0) is 34.1 Å². The number of nitrogens with one attached hydrogen (secondary N) is 2. The molecule has 100 valence electrons. The van der Waals surface area contributed by atoms with E-state index in [0.29, 0.717) is 19.0 Å². The van der Waals surface area contributed by atoms with Crippen molar-refractivity contribution in [1.82, 2.24) is 10.6 Å². The van der Waals surface area contributed by atoms with Crippen molar-refractivity contribution in [3.8, 4) is 0 Å². The Labute approximate surface area is 103 Å². The van der Waals surface area contributed by atoms with E-state index >= 15 is 0 Å². The first-order valence-electron chi connectivity index (χ1n) is 5.86. The monoisotopic (exact) mass is 244 g/mol. The Morgan fingerprint density at radius 2 is 2.00 bits per heavy atom. The first kappa shape index (κ1) is 15.5. The molecule has 0 rings (SSSR count). The number of aliphatic imine (C=N–C) groups is 1. The maximum atomic E-state index is 11.3. The Hall–Kier alpha value is -1.46. The van der Waals surface area contributed by atoms with Crippen LogP contribution in [0.3, 0.4) is 0 Å². The molecule has 0 spiro atoms. The average Bonchev–Trinajstić information content (AvgIpc) is 2.14. The molecule has 0 aromatic carbocycles. The molecule has 0 aromatic heterocycles. The van der Waals surface area contributed by atoms with Gasteiger partial charge in [0, 0.05) is 19.6 Å². The van der Waals surface area contributed by atoms with E-state index in [4.69, 9.17) is 10.5 Å². The van der Waals surface area contributed by atoms with E-state index in [2.05, 4.69) is 15.6 Å². The van der Waals surface area contributed by atoms with Crippen LogP contribution in [-0.4, -0.2) is 37.3 Å². The molecular weight excluding hydrogens is 220 g/mol. The van der Waals surface area contributed by atoms with Crippen LogP contribution in [0.1, 0.15) is 34.1 Å². The third-order valence-corrected chi connectivity index (χ3v) is 1.64. The van der Waals surface area contributed by atoms with Gasteiger partial charge in [0.15, 0.2) is 5.96 Å². The first-order chi connectivity index (χ1) is 7.85. The summed E-state index contributed by atoms with van der Waals surface area (Å²) < 4.78 is 5.08. The summed E-state index contributed by atoms with van der Waals surface area (Å²) >= 11 is 0. The van der Waals surface area contributed by atoms with Crippen LogP contribution in [-0.2, 0) is 4.74 Å². The van der Waals surface area contributed by atoms with Gasteiger partial charge in [-0.3, -0.25) is 4.99 Å². The second kappa shape index (κ2) is 7.76. The van der Waals surface area contributed by atoms with Crippen molar-refractivity contribution in [2.75, 3.05) is 19.6 Å². The van der Waals surface area contributed by atoms with E-state index in [1.807, 2.05) is 27.7 Å². The average molecular weight is 244 g/mol. The standard InChI is InChI=1S/C11H24N4O2/c1-5-13-9(12)14-7-6-8-15-10(16)17-11(2,3)4/h5-8H2,1-4H3,(H,15,16)(H3,12,13,14). The van der Waals surface area contributed by atoms with Gasteiger partial charge in [0.25, 0.3) is 0 Å². The zero-order valence-electron chi connectivity index (χ0n) is 11.2. The maximum absolute atomic E-state index is 11.3. The molecule has 6 nitrogen and oxygen atoms in total. The second-order valence-electron chi connectivity index (χ2n) is 4.58. The largest absolute Gasteiger partial charge is 0.444 e. The molecule has 0 aromatic rings. The van der Waals surface area contributed by atoms with Crippen molar-refractivity contribution in [1.29, 1.82) is 0 Å². The number of nitrogens with zero attached hydrogens (tertiary/aromatic N) is 1. The zero-order chi connectivity index (χ0) is 13.3. The number of hydrogen-bond acceptors (Lipinski definition) is 3. The fourth-order valence-electron chi connectivity index (χ4n) is 1.02. The molecule has 0 aliphatic carbocycles. The molecule has 0 unspecified atom stereocenters. The van der Waals surface area contributed by atoms with Crippen LogP contribution in [0.4, 0.5) is 4.79 Å². The summed E-state index contributed by atoms with van der Waals surface area (Å²) in [7, 11) is 0. The minimum absolute atomic E-state index is 0.402. The van der Waals surface area contributed by atoms with Gasteiger partial charge in [-0.15, -0.1) is 0 Å².